The number of hydrogen-bond donors (Lipinski definition) is 1. The molecule has 17 heavy (non-hydrogen) atoms. The third-order valence-corrected chi connectivity index (χ3v) is 2.82. The van der Waals surface area contributed by atoms with Gasteiger partial charge in [0.15, 0.2) is 0 Å². The molecule has 2 N–H and O–H groups in total. The second-order valence-corrected chi connectivity index (χ2v) is 3.76. The van der Waals surface area contributed by atoms with Gasteiger partial charge in [-0.25, -0.2) is 0 Å². The lowest BCUT2D eigenvalue weighted by Crippen LogP contribution is -2.04. The Balaban J connectivity index is 2.51. The Labute approximate surface area is 101 Å². The molecule has 0 aliphatic heterocycles. The van der Waals surface area contributed by atoms with Crippen LogP contribution in [0, 0.1) is 0 Å². The first-order valence-electron chi connectivity index (χ1n) is 5.69. The van der Waals surface area contributed by atoms with E-state index in [0.29, 0.717) is 6.54 Å². The average molecular weight is 231 g/mol. The van der Waals surface area contributed by atoms with Crippen LogP contribution in [-0.4, -0.2) is 16.9 Å². The van der Waals surface area contributed by atoms with Crippen molar-refractivity contribution >= 4 is 0 Å². The molecule has 0 saturated carbocycles. The van der Waals surface area contributed by atoms with Crippen LogP contribution in [-0.2, 0) is 13.1 Å². The first kappa shape index (κ1) is 11.7. The van der Waals surface area contributed by atoms with Crippen LogP contribution in [0.4, 0.5) is 0 Å². The van der Waals surface area contributed by atoms with Crippen LogP contribution in [0.5, 0.6) is 5.75 Å². The number of methoxy groups -OCH3 is 1. The summed E-state index contributed by atoms with van der Waals surface area (Å²) in [5, 5.41) is 4.27. The average Bonchev–Trinajstić information content (AvgIpc) is 2.85. The summed E-state index contributed by atoms with van der Waals surface area (Å²) in [6.07, 6.45) is 1.81. The van der Waals surface area contributed by atoms with Crippen LogP contribution in [0.15, 0.2) is 30.5 Å². The second kappa shape index (κ2) is 5.01. The molecule has 2 rings (SSSR count). The highest BCUT2D eigenvalue weighted by molar-refractivity contribution is 5.65. The molecule has 0 atom stereocenters. The zero-order valence-corrected chi connectivity index (χ0v) is 10.2. The van der Waals surface area contributed by atoms with Crippen LogP contribution in [0.3, 0.4) is 0 Å². The monoisotopic (exact) mass is 231 g/mol. The topological polar surface area (TPSA) is 53.1 Å². The Bertz CT molecular complexity index is 505. The van der Waals surface area contributed by atoms with E-state index in [9.17, 15) is 0 Å². The summed E-state index contributed by atoms with van der Waals surface area (Å²) in [5.74, 6) is 0.830. The van der Waals surface area contributed by atoms with Crippen LogP contribution in [0.2, 0.25) is 0 Å². The molecular weight excluding hydrogens is 214 g/mol. The van der Waals surface area contributed by atoms with Gasteiger partial charge in [0.2, 0.25) is 0 Å². The van der Waals surface area contributed by atoms with Crippen molar-refractivity contribution in [3.05, 3.63) is 36.0 Å². The van der Waals surface area contributed by atoms with Crippen molar-refractivity contribution < 1.29 is 4.74 Å². The van der Waals surface area contributed by atoms with Gasteiger partial charge in [0.25, 0.3) is 0 Å². The molecule has 90 valence electrons. The molecule has 0 fully saturated rings. The van der Waals surface area contributed by atoms with Gasteiger partial charge >= 0.3 is 0 Å². The standard InChI is InChI=1S/C13H17N3O/c1-3-16-13(6-7-15-16)12-5-4-11(17-2)8-10(12)9-14/h4-8H,3,9,14H2,1-2H3. The number of hydrogen-bond acceptors (Lipinski definition) is 3. The third kappa shape index (κ3) is 2.17. The molecule has 1 aromatic heterocycles. The molecule has 4 nitrogen and oxygen atoms in total. The smallest absolute Gasteiger partial charge is 0.119 e. The van der Waals surface area contributed by atoms with Crippen molar-refractivity contribution in [1.82, 2.24) is 9.78 Å². The molecule has 0 radical (unpaired) electrons. The zero-order valence-electron chi connectivity index (χ0n) is 10.2. The zero-order chi connectivity index (χ0) is 12.3. The van der Waals surface area contributed by atoms with Gasteiger partial charge in [-0.3, -0.25) is 4.68 Å². The predicted molar refractivity (Wildman–Crippen MR) is 67.8 cm³/mol. The van der Waals surface area contributed by atoms with Gasteiger partial charge in [-0.15, -0.1) is 0 Å². The van der Waals surface area contributed by atoms with Gasteiger partial charge in [0, 0.05) is 24.8 Å². The molecule has 2 aromatic rings. The van der Waals surface area contributed by atoms with Gasteiger partial charge < -0.3 is 10.5 Å². The second-order valence-electron chi connectivity index (χ2n) is 3.76. The largest absolute Gasteiger partial charge is 0.497 e. The summed E-state index contributed by atoms with van der Waals surface area (Å²) >= 11 is 0. The van der Waals surface area contributed by atoms with E-state index in [-0.39, 0.29) is 0 Å². The summed E-state index contributed by atoms with van der Waals surface area (Å²) < 4.78 is 7.17. The number of aromatic nitrogens is 2. The fourth-order valence-electron chi connectivity index (χ4n) is 1.93. The summed E-state index contributed by atoms with van der Waals surface area (Å²) in [5.41, 5.74) is 9.07. The fraction of sp³-hybridized carbons (Fsp3) is 0.308. The first-order chi connectivity index (χ1) is 8.30. The highest BCUT2D eigenvalue weighted by Gasteiger charge is 2.09. The molecule has 0 amide bonds. The SMILES string of the molecule is CCn1nccc1-c1ccc(OC)cc1CN. The Kier molecular flexibility index (Phi) is 3.44. The minimum atomic E-state index is 0.488. The molecular formula is C13H17N3O. The lowest BCUT2D eigenvalue weighted by molar-refractivity contribution is 0.414. The molecule has 0 aliphatic rings. The Morgan fingerprint density at radius 1 is 1.35 bits per heavy atom. The van der Waals surface area contributed by atoms with Crippen molar-refractivity contribution in [1.29, 1.82) is 0 Å². The molecule has 0 unspecified atom stereocenters. The molecule has 0 saturated heterocycles. The minimum Gasteiger partial charge on any atom is -0.497 e. The van der Waals surface area contributed by atoms with E-state index in [0.717, 1.165) is 29.1 Å². The number of ether oxygens (including phenoxy) is 1. The van der Waals surface area contributed by atoms with Gasteiger partial charge in [-0.2, -0.15) is 5.10 Å². The van der Waals surface area contributed by atoms with Crippen molar-refractivity contribution in [2.45, 2.75) is 20.0 Å². The van der Waals surface area contributed by atoms with Crippen molar-refractivity contribution in [3.63, 3.8) is 0 Å². The summed E-state index contributed by atoms with van der Waals surface area (Å²) in [6, 6.07) is 7.96. The van der Waals surface area contributed by atoms with E-state index in [1.54, 1.807) is 7.11 Å². The quantitative estimate of drug-likeness (QED) is 0.876. The Hall–Kier alpha value is -1.81. The third-order valence-electron chi connectivity index (χ3n) is 2.82. The Morgan fingerprint density at radius 2 is 2.18 bits per heavy atom. The van der Waals surface area contributed by atoms with E-state index in [1.807, 2.05) is 35.1 Å². The van der Waals surface area contributed by atoms with Crippen molar-refractivity contribution in [2.75, 3.05) is 7.11 Å². The van der Waals surface area contributed by atoms with E-state index in [1.165, 1.54) is 0 Å². The van der Waals surface area contributed by atoms with Gasteiger partial charge in [-0.1, -0.05) is 0 Å². The van der Waals surface area contributed by atoms with Crippen molar-refractivity contribution in [2.24, 2.45) is 5.73 Å². The van der Waals surface area contributed by atoms with E-state index >= 15 is 0 Å². The molecule has 1 heterocycles. The predicted octanol–water partition coefficient (Wildman–Crippen LogP) is 2.04. The summed E-state index contributed by atoms with van der Waals surface area (Å²) in [6.45, 7) is 3.40. The van der Waals surface area contributed by atoms with E-state index < -0.39 is 0 Å². The highest BCUT2D eigenvalue weighted by atomic mass is 16.5. The van der Waals surface area contributed by atoms with Crippen molar-refractivity contribution in [3.8, 4) is 17.0 Å². The Morgan fingerprint density at radius 3 is 2.82 bits per heavy atom. The summed E-state index contributed by atoms with van der Waals surface area (Å²) in [4.78, 5) is 0. The lowest BCUT2D eigenvalue weighted by atomic mass is 10.0. The maximum absolute atomic E-state index is 5.79. The van der Waals surface area contributed by atoms with E-state index in [2.05, 4.69) is 12.0 Å². The molecule has 1 aromatic carbocycles. The first-order valence-corrected chi connectivity index (χ1v) is 5.69. The molecule has 0 aliphatic carbocycles. The maximum atomic E-state index is 5.79. The number of aryl methyl sites for hydroxylation is 1. The van der Waals surface area contributed by atoms with Crippen LogP contribution >= 0.6 is 0 Å². The molecule has 0 spiro atoms. The number of rotatable bonds is 4. The normalized spacial score (nSPS) is 10.5. The lowest BCUT2D eigenvalue weighted by Gasteiger charge is -2.11. The number of benzene rings is 1. The van der Waals surface area contributed by atoms with Crippen LogP contribution in [0.25, 0.3) is 11.3 Å². The molecule has 0 bridgehead atoms. The highest BCUT2D eigenvalue weighted by Crippen LogP contribution is 2.26. The fourth-order valence-corrected chi connectivity index (χ4v) is 1.93. The maximum Gasteiger partial charge on any atom is 0.119 e. The van der Waals surface area contributed by atoms with Crippen LogP contribution in [0.1, 0.15) is 12.5 Å². The summed E-state index contributed by atoms with van der Waals surface area (Å²) in [7, 11) is 1.66. The minimum absolute atomic E-state index is 0.488. The molecule has 4 heteroatoms. The van der Waals surface area contributed by atoms with E-state index in [4.69, 9.17) is 10.5 Å². The van der Waals surface area contributed by atoms with Gasteiger partial charge in [0.05, 0.1) is 12.8 Å². The van der Waals surface area contributed by atoms with Gasteiger partial charge in [0.1, 0.15) is 5.75 Å². The number of nitrogens with zero attached hydrogens (tertiary/aromatic N) is 2. The van der Waals surface area contributed by atoms with Gasteiger partial charge in [-0.05, 0) is 36.8 Å². The van der Waals surface area contributed by atoms with Crippen LogP contribution < -0.4 is 10.5 Å². The number of nitrogens with two attached hydrogens (primary N) is 1.